The van der Waals surface area contributed by atoms with Crippen molar-refractivity contribution in [1.82, 2.24) is 4.90 Å². The van der Waals surface area contributed by atoms with Gasteiger partial charge in [-0.1, -0.05) is 25.0 Å². The van der Waals surface area contributed by atoms with Crippen LogP contribution in [0.1, 0.15) is 41.6 Å². The summed E-state index contributed by atoms with van der Waals surface area (Å²) in [5.41, 5.74) is 1.75. The van der Waals surface area contributed by atoms with Crippen molar-refractivity contribution in [2.24, 2.45) is 0 Å². The van der Waals surface area contributed by atoms with Gasteiger partial charge in [-0.3, -0.25) is 4.79 Å². The zero-order chi connectivity index (χ0) is 13.8. The molecule has 0 radical (unpaired) electrons. The molecule has 0 bridgehead atoms. The molecule has 19 heavy (non-hydrogen) atoms. The third-order valence-electron chi connectivity index (χ3n) is 3.79. The number of amides is 1. The molecule has 1 saturated carbocycles. The van der Waals surface area contributed by atoms with Gasteiger partial charge in [-0.25, -0.2) is 0 Å². The van der Waals surface area contributed by atoms with Gasteiger partial charge in [0.05, 0.1) is 12.2 Å². The van der Waals surface area contributed by atoms with Crippen molar-refractivity contribution < 1.29 is 9.90 Å². The first-order valence-corrected chi connectivity index (χ1v) is 7.61. The number of halogens is 1. The van der Waals surface area contributed by atoms with Crippen LogP contribution < -0.4 is 0 Å². The molecule has 1 N–H and O–H groups in total. The standard InChI is InChI=1S/C15H20BrNO2/c1-11-5-4-8-13(14(11)16)15(19)17(9-10-18)12-6-2-3-7-12/h4-5,8,12,18H,2-3,6-7,9-10H2,1H3. The number of hydrogen-bond acceptors (Lipinski definition) is 2. The number of nitrogens with zero attached hydrogens (tertiary/aromatic N) is 1. The number of aliphatic hydroxyl groups is 1. The van der Waals surface area contributed by atoms with E-state index in [-0.39, 0.29) is 18.6 Å². The molecule has 1 aliphatic carbocycles. The predicted octanol–water partition coefficient (Wildman–Crippen LogP) is 3.13. The lowest BCUT2D eigenvalue weighted by Crippen LogP contribution is -2.40. The second kappa shape index (κ2) is 6.53. The van der Waals surface area contributed by atoms with Gasteiger partial charge >= 0.3 is 0 Å². The zero-order valence-electron chi connectivity index (χ0n) is 11.2. The predicted molar refractivity (Wildman–Crippen MR) is 79.3 cm³/mol. The summed E-state index contributed by atoms with van der Waals surface area (Å²) in [5, 5.41) is 9.21. The number of carbonyl (C=O) groups excluding carboxylic acids is 1. The molecule has 1 fully saturated rings. The molecule has 1 aromatic carbocycles. The Kier molecular flexibility index (Phi) is 4.99. The van der Waals surface area contributed by atoms with Gasteiger partial charge in [0, 0.05) is 17.1 Å². The van der Waals surface area contributed by atoms with Crippen molar-refractivity contribution in [3.8, 4) is 0 Å². The van der Waals surface area contributed by atoms with E-state index >= 15 is 0 Å². The molecule has 104 valence electrons. The maximum Gasteiger partial charge on any atom is 0.255 e. The molecule has 2 rings (SSSR count). The van der Waals surface area contributed by atoms with Gasteiger partial charge < -0.3 is 10.0 Å². The average Bonchev–Trinajstić information content (AvgIpc) is 2.92. The summed E-state index contributed by atoms with van der Waals surface area (Å²) in [4.78, 5) is 14.5. The summed E-state index contributed by atoms with van der Waals surface area (Å²) in [7, 11) is 0. The van der Waals surface area contributed by atoms with Crippen molar-refractivity contribution in [3.05, 3.63) is 33.8 Å². The lowest BCUT2D eigenvalue weighted by atomic mass is 10.1. The number of carbonyl (C=O) groups is 1. The van der Waals surface area contributed by atoms with E-state index < -0.39 is 0 Å². The van der Waals surface area contributed by atoms with Crippen LogP contribution in [0.2, 0.25) is 0 Å². The maximum atomic E-state index is 12.7. The molecule has 0 spiro atoms. The van der Waals surface area contributed by atoms with Crippen LogP contribution in [-0.2, 0) is 0 Å². The topological polar surface area (TPSA) is 40.5 Å². The SMILES string of the molecule is Cc1cccc(C(=O)N(CCO)C2CCCC2)c1Br. The molecule has 1 amide bonds. The first kappa shape index (κ1) is 14.5. The Hall–Kier alpha value is -0.870. The molecular weight excluding hydrogens is 306 g/mol. The first-order chi connectivity index (χ1) is 9.15. The molecular formula is C15H20BrNO2. The van der Waals surface area contributed by atoms with Crippen molar-refractivity contribution in [2.45, 2.75) is 38.6 Å². The van der Waals surface area contributed by atoms with Crippen LogP contribution in [0.3, 0.4) is 0 Å². The Morgan fingerprint density at radius 3 is 2.74 bits per heavy atom. The summed E-state index contributed by atoms with van der Waals surface area (Å²) in [6.45, 7) is 2.42. The Morgan fingerprint density at radius 1 is 1.42 bits per heavy atom. The summed E-state index contributed by atoms with van der Waals surface area (Å²) >= 11 is 3.50. The highest BCUT2D eigenvalue weighted by atomic mass is 79.9. The van der Waals surface area contributed by atoms with Crippen LogP contribution in [0.4, 0.5) is 0 Å². The van der Waals surface area contributed by atoms with Crippen LogP contribution in [0, 0.1) is 6.92 Å². The third-order valence-corrected chi connectivity index (χ3v) is 4.84. The molecule has 0 aliphatic heterocycles. The molecule has 4 heteroatoms. The molecule has 1 aliphatic rings. The van der Waals surface area contributed by atoms with Crippen molar-refractivity contribution in [2.75, 3.05) is 13.2 Å². The van der Waals surface area contributed by atoms with Crippen LogP contribution in [0.25, 0.3) is 0 Å². The maximum absolute atomic E-state index is 12.7. The zero-order valence-corrected chi connectivity index (χ0v) is 12.8. The average molecular weight is 326 g/mol. The first-order valence-electron chi connectivity index (χ1n) is 6.82. The van der Waals surface area contributed by atoms with E-state index in [9.17, 15) is 9.90 Å². The highest BCUT2D eigenvalue weighted by Gasteiger charge is 2.28. The largest absolute Gasteiger partial charge is 0.395 e. The van der Waals surface area contributed by atoms with Crippen molar-refractivity contribution in [3.63, 3.8) is 0 Å². The van der Waals surface area contributed by atoms with E-state index in [1.165, 1.54) is 12.8 Å². The number of benzene rings is 1. The van der Waals surface area contributed by atoms with Gasteiger partial charge in [0.1, 0.15) is 0 Å². The molecule has 0 aromatic heterocycles. The van der Waals surface area contributed by atoms with Crippen LogP contribution in [0.5, 0.6) is 0 Å². The second-order valence-electron chi connectivity index (χ2n) is 5.10. The van der Waals surface area contributed by atoms with E-state index in [2.05, 4.69) is 15.9 Å². The van der Waals surface area contributed by atoms with Gasteiger partial charge in [0.25, 0.3) is 5.91 Å². The van der Waals surface area contributed by atoms with Gasteiger partial charge in [0.15, 0.2) is 0 Å². The minimum atomic E-state index is 0.0195. The van der Waals surface area contributed by atoms with E-state index in [1.54, 1.807) is 0 Å². The molecule has 0 saturated heterocycles. The molecule has 0 unspecified atom stereocenters. The lowest BCUT2D eigenvalue weighted by molar-refractivity contribution is 0.0637. The van der Waals surface area contributed by atoms with Gasteiger partial charge in [-0.05, 0) is 47.3 Å². The normalized spacial score (nSPS) is 15.7. The van der Waals surface area contributed by atoms with Crippen LogP contribution in [-0.4, -0.2) is 35.1 Å². The van der Waals surface area contributed by atoms with Crippen LogP contribution >= 0.6 is 15.9 Å². The Balaban J connectivity index is 2.25. The van der Waals surface area contributed by atoms with E-state index in [1.807, 2.05) is 30.0 Å². The quantitative estimate of drug-likeness (QED) is 0.923. The van der Waals surface area contributed by atoms with Crippen molar-refractivity contribution in [1.29, 1.82) is 0 Å². The lowest BCUT2D eigenvalue weighted by Gasteiger charge is -2.29. The summed E-state index contributed by atoms with van der Waals surface area (Å²) < 4.78 is 0.862. The van der Waals surface area contributed by atoms with Crippen molar-refractivity contribution >= 4 is 21.8 Å². The Morgan fingerprint density at radius 2 is 2.11 bits per heavy atom. The van der Waals surface area contributed by atoms with E-state index in [4.69, 9.17) is 0 Å². The fourth-order valence-corrected chi connectivity index (χ4v) is 3.17. The monoisotopic (exact) mass is 325 g/mol. The number of hydrogen-bond donors (Lipinski definition) is 1. The molecule has 3 nitrogen and oxygen atoms in total. The fraction of sp³-hybridized carbons (Fsp3) is 0.533. The Labute approximate surface area is 122 Å². The summed E-state index contributed by atoms with van der Waals surface area (Å²) in [6.07, 6.45) is 4.45. The third kappa shape index (κ3) is 3.18. The number of aryl methyl sites for hydroxylation is 1. The fourth-order valence-electron chi connectivity index (χ4n) is 2.74. The van der Waals surface area contributed by atoms with E-state index in [0.717, 1.165) is 22.9 Å². The van der Waals surface area contributed by atoms with E-state index in [0.29, 0.717) is 12.1 Å². The molecule has 0 atom stereocenters. The molecule has 0 heterocycles. The molecule has 1 aromatic rings. The number of aliphatic hydroxyl groups excluding tert-OH is 1. The smallest absolute Gasteiger partial charge is 0.255 e. The van der Waals surface area contributed by atoms with Gasteiger partial charge in [0.2, 0.25) is 0 Å². The number of rotatable bonds is 4. The highest BCUT2D eigenvalue weighted by molar-refractivity contribution is 9.10. The van der Waals surface area contributed by atoms with Gasteiger partial charge in [-0.2, -0.15) is 0 Å². The summed E-state index contributed by atoms with van der Waals surface area (Å²) in [5.74, 6) is 0.0246. The minimum Gasteiger partial charge on any atom is -0.395 e. The highest BCUT2D eigenvalue weighted by Crippen LogP contribution is 2.27. The van der Waals surface area contributed by atoms with Gasteiger partial charge in [-0.15, -0.1) is 0 Å². The summed E-state index contributed by atoms with van der Waals surface area (Å²) in [6, 6.07) is 6.01. The second-order valence-corrected chi connectivity index (χ2v) is 5.89. The minimum absolute atomic E-state index is 0.0195. The van der Waals surface area contributed by atoms with Crippen LogP contribution in [0.15, 0.2) is 22.7 Å². The Bertz CT molecular complexity index is 455.